The van der Waals surface area contributed by atoms with Crippen LogP contribution in [-0.2, 0) is 28.7 Å². The zero-order valence-electron chi connectivity index (χ0n) is 24.5. The number of fused-ring (bicyclic) bond motifs is 2. The first-order valence-electron chi connectivity index (χ1n) is 13.3. The number of nitrogens with one attached hydrogen (secondary N) is 2. The SMILES string of the molecule is COC(=O)[C@@](N)(CC(=O)Nc1cccc2c1C(=O)c1c(NC(=O)C[C@](N)(C(=O)OC)C(C)C)cccc1C2=O)C(C)C. The minimum Gasteiger partial charge on any atom is -0.468 e. The Kier molecular flexibility index (Phi) is 9.33. The van der Waals surface area contributed by atoms with Gasteiger partial charge in [-0.1, -0.05) is 52.0 Å². The van der Waals surface area contributed by atoms with Crippen LogP contribution >= 0.6 is 0 Å². The van der Waals surface area contributed by atoms with Gasteiger partial charge in [0, 0.05) is 11.1 Å². The number of anilines is 2. The van der Waals surface area contributed by atoms with E-state index in [1.54, 1.807) is 27.7 Å². The van der Waals surface area contributed by atoms with Gasteiger partial charge in [-0.15, -0.1) is 0 Å². The van der Waals surface area contributed by atoms with Gasteiger partial charge in [0.2, 0.25) is 11.8 Å². The molecule has 0 heterocycles. The van der Waals surface area contributed by atoms with Gasteiger partial charge in [-0.2, -0.15) is 0 Å². The number of amides is 2. The molecule has 2 atom stereocenters. The second kappa shape index (κ2) is 12.2. The monoisotopic (exact) mass is 580 g/mol. The van der Waals surface area contributed by atoms with E-state index >= 15 is 0 Å². The summed E-state index contributed by atoms with van der Waals surface area (Å²) in [6.45, 7) is 6.68. The highest BCUT2D eigenvalue weighted by Crippen LogP contribution is 2.36. The molecular formula is C30H36N4O8. The van der Waals surface area contributed by atoms with E-state index in [0.29, 0.717) is 0 Å². The molecule has 0 aromatic heterocycles. The lowest BCUT2D eigenvalue weighted by atomic mass is 9.81. The number of ketones is 2. The van der Waals surface area contributed by atoms with Crippen LogP contribution in [0, 0.1) is 11.8 Å². The molecule has 0 saturated heterocycles. The number of methoxy groups -OCH3 is 2. The molecule has 0 spiro atoms. The van der Waals surface area contributed by atoms with E-state index in [0.717, 1.165) is 0 Å². The molecule has 2 aromatic carbocycles. The second-order valence-electron chi connectivity index (χ2n) is 10.9. The lowest BCUT2D eigenvalue weighted by molar-refractivity contribution is -0.151. The highest BCUT2D eigenvalue weighted by molar-refractivity contribution is 6.32. The lowest BCUT2D eigenvalue weighted by Gasteiger charge is -2.30. The van der Waals surface area contributed by atoms with Gasteiger partial charge < -0.3 is 31.6 Å². The molecule has 224 valence electrons. The third kappa shape index (κ3) is 5.81. The largest absolute Gasteiger partial charge is 0.468 e. The normalized spacial score (nSPS) is 15.2. The summed E-state index contributed by atoms with van der Waals surface area (Å²) in [5.74, 6) is -4.92. The Morgan fingerprint density at radius 2 is 1.05 bits per heavy atom. The Bertz CT molecular complexity index is 1360. The van der Waals surface area contributed by atoms with Crippen molar-refractivity contribution >= 4 is 46.7 Å². The van der Waals surface area contributed by atoms with E-state index in [2.05, 4.69) is 10.6 Å². The maximum Gasteiger partial charge on any atom is 0.326 e. The van der Waals surface area contributed by atoms with Crippen LogP contribution in [0.25, 0.3) is 0 Å². The van der Waals surface area contributed by atoms with Crippen molar-refractivity contribution in [3.8, 4) is 0 Å². The average molecular weight is 581 g/mol. The van der Waals surface area contributed by atoms with Crippen molar-refractivity contribution in [2.24, 2.45) is 23.3 Å². The van der Waals surface area contributed by atoms with Crippen LogP contribution in [-0.4, -0.2) is 60.6 Å². The van der Waals surface area contributed by atoms with Crippen molar-refractivity contribution < 1.29 is 38.2 Å². The summed E-state index contributed by atoms with van der Waals surface area (Å²) >= 11 is 0. The first kappa shape index (κ1) is 32.1. The molecule has 0 saturated carbocycles. The summed E-state index contributed by atoms with van der Waals surface area (Å²) in [5, 5.41) is 5.22. The molecule has 0 bridgehead atoms. The molecule has 0 fully saturated rings. The van der Waals surface area contributed by atoms with Crippen LogP contribution < -0.4 is 22.1 Å². The van der Waals surface area contributed by atoms with Crippen molar-refractivity contribution in [1.82, 2.24) is 0 Å². The maximum absolute atomic E-state index is 13.9. The molecule has 0 aliphatic heterocycles. The topological polar surface area (TPSA) is 197 Å². The third-order valence-electron chi connectivity index (χ3n) is 7.72. The third-order valence-corrected chi connectivity index (χ3v) is 7.72. The maximum atomic E-state index is 13.9. The van der Waals surface area contributed by atoms with Crippen LogP contribution in [0.2, 0.25) is 0 Å². The van der Waals surface area contributed by atoms with Crippen molar-refractivity contribution in [2.75, 3.05) is 24.9 Å². The number of nitrogens with two attached hydrogens (primary N) is 2. The Balaban J connectivity index is 1.98. The summed E-state index contributed by atoms with van der Waals surface area (Å²) in [6, 6.07) is 8.82. The fourth-order valence-electron chi connectivity index (χ4n) is 4.77. The van der Waals surface area contributed by atoms with Crippen molar-refractivity contribution in [3.05, 3.63) is 58.7 Å². The first-order valence-corrected chi connectivity index (χ1v) is 13.3. The average Bonchev–Trinajstić information content (AvgIpc) is 2.94. The number of hydrogen-bond donors (Lipinski definition) is 4. The number of hydrogen-bond acceptors (Lipinski definition) is 10. The van der Waals surface area contributed by atoms with Crippen molar-refractivity contribution in [1.29, 1.82) is 0 Å². The van der Waals surface area contributed by atoms with Crippen molar-refractivity contribution in [3.63, 3.8) is 0 Å². The van der Waals surface area contributed by atoms with E-state index in [1.165, 1.54) is 50.6 Å². The summed E-state index contributed by atoms with van der Waals surface area (Å²) in [4.78, 5) is 78.2. The van der Waals surface area contributed by atoms with Crippen LogP contribution in [0.4, 0.5) is 11.4 Å². The predicted molar refractivity (Wildman–Crippen MR) is 154 cm³/mol. The van der Waals surface area contributed by atoms with Gasteiger partial charge in [-0.3, -0.25) is 28.8 Å². The number of benzene rings is 2. The second-order valence-corrected chi connectivity index (χ2v) is 10.9. The van der Waals surface area contributed by atoms with E-state index in [9.17, 15) is 28.8 Å². The van der Waals surface area contributed by atoms with E-state index < -0.39 is 71.1 Å². The summed E-state index contributed by atoms with van der Waals surface area (Å²) in [6.07, 6.45) is -0.893. The smallest absolute Gasteiger partial charge is 0.326 e. The number of carbonyl (C=O) groups is 6. The highest BCUT2D eigenvalue weighted by atomic mass is 16.5. The standard InChI is InChI=1S/C30H36N4O8/c1-15(2)29(31,27(39)41-5)13-21(35)33-19-11-7-9-17-23(19)26(38)24-18(25(17)37)10-8-12-20(24)34-22(36)14-30(32,16(3)4)28(40)42-6/h7-12,15-16H,13-14,31-32H2,1-6H3,(H,33,35)(H,34,36)/t29-,30-/m1/s1. The van der Waals surface area contributed by atoms with E-state index in [1.807, 2.05) is 0 Å². The van der Waals surface area contributed by atoms with Gasteiger partial charge in [0.15, 0.2) is 11.6 Å². The van der Waals surface area contributed by atoms with Gasteiger partial charge in [0.25, 0.3) is 0 Å². The number of esters is 2. The molecule has 3 rings (SSSR count). The Morgan fingerprint density at radius 1 is 0.690 bits per heavy atom. The van der Waals surface area contributed by atoms with Gasteiger partial charge in [-0.25, -0.2) is 0 Å². The molecule has 6 N–H and O–H groups in total. The molecule has 0 unspecified atom stereocenters. The first-order chi connectivity index (χ1) is 19.6. The minimum atomic E-state index is -1.63. The molecular weight excluding hydrogens is 544 g/mol. The fraction of sp³-hybridized carbons (Fsp3) is 0.400. The molecule has 12 nitrogen and oxygen atoms in total. The van der Waals surface area contributed by atoms with Crippen LogP contribution in [0.3, 0.4) is 0 Å². The van der Waals surface area contributed by atoms with Crippen LogP contribution in [0.15, 0.2) is 36.4 Å². The zero-order chi connectivity index (χ0) is 31.6. The van der Waals surface area contributed by atoms with Gasteiger partial charge in [0.1, 0.15) is 11.1 Å². The Morgan fingerprint density at radius 3 is 1.36 bits per heavy atom. The molecule has 2 aromatic rings. The molecule has 1 aliphatic carbocycles. The molecule has 0 radical (unpaired) electrons. The van der Waals surface area contributed by atoms with Crippen molar-refractivity contribution in [2.45, 2.75) is 51.6 Å². The number of ether oxygens (including phenoxy) is 2. The molecule has 12 heteroatoms. The van der Waals surface area contributed by atoms with Gasteiger partial charge in [0.05, 0.1) is 49.6 Å². The fourth-order valence-corrected chi connectivity index (χ4v) is 4.77. The number of rotatable bonds is 10. The summed E-state index contributed by atoms with van der Waals surface area (Å²) in [7, 11) is 2.34. The van der Waals surface area contributed by atoms with Gasteiger partial charge >= 0.3 is 11.9 Å². The lowest BCUT2D eigenvalue weighted by Crippen LogP contribution is -2.55. The predicted octanol–water partition coefficient (Wildman–Crippen LogP) is 2.17. The minimum absolute atomic E-state index is 0.0325. The van der Waals surface area contributed by atoms with E-state index in [-0.39, 0.29) is 33.6 Å². The highest BCUT2D eigenvalue weighted by Gasteiger charge is 2.43. The quantitative estimate of drug-likeness (QED) is 0.258. The molecule has 42 heavy (non-hydrogen) atoms. The van der Waals surface area contributed by atoms with Crippen LogP contribution in [0.5, 0.6) is 0 Å². The Labute approximate surface area is 243 Å². The Hall–Kier alpha value is -4.42. The zero-order valence-corrected chi connectivity index (χ0v) is 24.5. The van der Waals surface area contributed by atoms with Gasteiger partial charge in [-0.05, 0) is 24.0 Å². The van der Waals surface area contributed by atoms with Crippen LogP contribution in [0.1, 0.15) is 72.4 Å². The summed E-state index contributed by atoms with van der Waals surface area (Å²) in [5.41, 5.74) is 9.19. The molecule has 1 aliphatic rings. The molecule has 2 amide bonds. The number of carbonyl (C=O) groups excluding carboxylic acids is 6. The summed E-state index contributed by atoms with van der Waals surface area (Å²) < 4.78 is 9.57. The van der Waals surface area contributed by atoms with E-state index in [4.69, 9.17) is 20.9 Å².